The first kappa shape index (κ1) is 18.3. The van der Waals surface area contributed by atoms with Crippen molar-refractivity contribution < 1.29 is 0 Å². The Kier molecular flexibility index (Phi) is 5.27. The number of hydrogen-bond donors (Lipinski definition) is 0. The molecule has 0 saturated heterocycles. The van der Waals surface area contributed by atoms with Crippen LogP contribution in [-0.2, 0) is 0 Å². The predicted octanol–water partition coefficient (Wildman–Crippen LogP) is 6.37. The lowest BCUT2D eigenvalue weighted by Gasteiger charge is -2.05. The van der Waals surface area contributed by atoms with Crippen molar-refractivity contribution >= 4 is 45.2 Å². The van der Waals surface area contributed by atoms with Gasteiger partial charge in [0.15, 0.2) is 0 Å². The Morgan fingerprint density at radius 3 is 1.28 bits per heavy atom. The molecule has 3 aromatic heterocycles. The van der Waals surface area contributed by atoms with E-state index in [4.69, 9.17) is 0 Å². The fourth-order valence-corrected chi connectivity index (χ4v) is 6.38. The molecule has 0 bridgehead atoms. The van der Waals surface area contributed by atoms with Crippen molar-refractivity contribution in [3.8, 4) is 0 Å². The van der Waals surface area contributed by atoms with E-state index >= 15 is 0 Å². The van der Waals surface area contributed by atoms with Gasteiger partial charge in [0.25, 0.3) is 0 Å². The molecule has 3 heteroatoms. The number of rotatable bonds is 4. The molecular weight excluding hydrogens is 408 g/mol. The van der Waals surface area contributed by atoms with Gasteiger partial charge in [-0.05, 0) is 46.2 Å². The van der Waals surface area contributed by atoms with Crippen LogP contribution < -0.4 is 9.06 Å². The summed E-state index contributed by atoms with van der Waals surface area (Å²) < 4.78 is 2.61. The highest BCUT2D eigenvalue weighted by Gasteiger charge is 2.11. The van der Waals surface area contributed by atoms with Crippen LogP contribution >= 0.6 is 34.0 Å². The van der Waals surface area contributed by atoms with Crippen LogP contribution in [0.3, 0.4) is 0 Å². The molecule has 29 heavy (non-hydrogen) atoms. The van der Waals surface area contributed by atoms with Crippen LogP contribution in [0.4, 0.5) is 0 Å². The molecule has 0 aliphatic heterocycles. The fourth-order valence-electron chi connectivity index (χ4n) is 3.47. The van der Waals surface area contributed by atoms with Crippen LogP contribution in [0.5, 0.6) is 0 Å². The SMILES string of the molecule is c1ccc(C(c2cccs2)=c2ccc(=C(c3ccccc3)c3cccs3)s2)cc1. The molecular formula is C26H18S3. The Hall–Kier alpha value is -2.72. The van der Waals surface area contributed by atoms with E-state index in [2.05, 4.69) is 108 Å². The average molecular weight is 427 g/mol. The van der Waals surface area contributed by atoms with E-state index in [1.165, 1.54) is 41.1 Å². The normalized spacial score (nSPS) is 13.2. The standard InChI is InChI=1S/C26H18S3/c1-3-9-19(10-4-1)25(21-13-7-17-27-21)23-15-16-24(29-23)26(22-14-8-18-28-22)20-11-5-2-6-12-20/h1-18H. The monoisotopic (exact) mass is 426 g/mol. The maximum Gasteiger partial charge on any atom is 0.0369 e. The summed E-state index contributed by atoms with van der Waals surface area (Å²) in [6.45, 7) is 0. The minimum atomic E-state index is 1.26. The third-order valence-corrected chi connectivity index (χ3v) is 7.65. The maximum absolute atomic E-state index is 2.28. The van der Waals surface area contributed by atoms with Crippen molar-refractivity contribution in [3.05, 3.63) is 138 Å². The van der Waals surface area contributed by atoms with Crippen molar-refractivity contribution in [2.24, 2.45) is 0 Å². The summed E-state index contributed by atoms with van der Waals surface area (Å²) in [6, 6.07) is 34.7. The van der Waals surface area contributed by atoms with E-state index in [1.54, 1.807) is 22.7 Å². The Balaban J connectivity index is 1.82. The minimum absolute atomic E-state index is 1.26. The van der Waals surface area contributed by atoms with Gasteiger partial charge in [0.2, 0.25) is 0 Å². The van der Waals surface area contributed by atoms with Gasteiger partial charge in [-0.3, -0.25) is 0 Å². The Morgan fingerprint density at radius 1 is 0.448 bits per heavy atom. The third kappa shape index (κ3) is 3.77. The zero-order valence-electron chi connectivity index (χ0n) is 15.6. The molecule has 0 aliphatic rings. The summed E-state index contributed by atoms with van der Waals surface area (Å²) in [4.78, 5) is 2.61. The molecule has 0 fully saturated rings. The molecule has 0 unspecified atom stereocenters. The molecule has 3 heterocycles. The smallest absolute Gasteiger partial charge is 0.0369 e. The summed E-state index contributed by atoms with van der Waals surface area (Å²) >= 11 is 5.47. The first-order chi connectivity index (χ1) is 14.4. The first-order valence-corrected chi connectivity index (χ1v) is 12.0. The highest BCUT2D eigenvalue weighted by molar-refractivity contribution is 7.12. The highest BCUT2D eigenvalue weighted by Crippen LogP contribution is 2.27. The fraction of sp³-hybridized carbons (Fsp3) is 0. The summed E-state index contributed by atoms with van der Waals surface area (Å²) in [7, 11) is 0. The predicted molar refractivity (Wildman–Crippen MR) is 128 cm³/mol. The lowest BCUT2D eigenvalue weighted by molar-refractivity contribution is 1.58. The van der Waals surface area contributed by atoms with E-state index in [0.717, 1.165) is 0 Å². The van der Waals surface area contributed by atoms with E-state index < -0.39 is 0 Å². The summed E-state index contributed by atoms with van der Waals surface area (Å²) in [5, 5.41) is 4.31. The van der Waals surface area contributed by atoms with Gasteiger partial charge in [0.1, 0.15) is 0 Å². The lowest BCUT2D eigenvalue weighted by Crippen LogP contribution is -2.05. The van der Waals surface area contributed by atoms with Gasteiger partial charge in [0, 0.05) is 30.0 Å². The zero-order chi connectivity index (χ0) is 19.5. The second kappa shape index (κ2) is 8.34. The number of hydrogen-bond acceptors (Lipinski definition) is 3. The Morgan fingerprint density at radius 2 is 0.897 bits per heavy atom. The van der Waals surface area contributed by atoms with Crippen LogP contribution in [0.15, 0.2) is 108 Å². The molecule has 0 spiro atoms. The molecule has 5 rings (SSSR count). The minimum Gasteiger partial charge on any atom is -0.144 e. The van der Waals surface area contributed by atoms with Gasteiger partial charge in [-0.1, -0.05) is 72.8 Å². The van der Waals surface area contributed by atoms with Crippen LogP contribution in [0.2, 0.25) is 0 Å². The van der Waals surface area contributed by atoms with Gasteiger partial charge >= 0.3 is 0 Å². The van der Waals surface area contributed by atoms with Crippen LogP contribution in [0, 0.1) is 0 Å². The molecule has 0 nitrogen and oxygen atoms in total. The van der Waals surface area contributed by atoms with E-state index in [-0.39, 0.29) is 0 Å². The van der Waals surface area contributed by atoms with Crippen molar-refractivity contribution in [2.75, 3.05) is 0 Å². The van der Waals surface area contributed by atoms with Crippen molar-refractivity contribution in [1.82, 2.24) is 0 Å². The van der Waals surface area contributed by atoms with E-state index in [1.807, 2.05) is 11.3 Å². The highest BCUT2D eigenvalue weighted by atomic mass is 32.1. The maximum atomic E-state index is 2.28. The average Bonchev–Trinajstić information content (AvgIpc) is 3.54. The molecule has 140 valence electrons. The quantitative estimate of drug-likeness (QED) is 0.313. The van der Waals surface area contributed by atoms with Gasteiger partial charge in [0.05, 0.1) is 0 Å². The Bertz CT molecular complexity index is 1200. The Labute approximate surface area is 182 Å². The second-order valence-corrected chi connectivity index (χ2v) is 9.58. The number of benzene rings is 2. The van der Waals surface area contributed by atoms with Gasteiger partial charge < -0.3 is 0 Å². The van der Waals surface area contributed by atoms with Crippen LogP contribution in [-0.4, -0.2) is 0 Å². The van der Waals surface area contributed by atoms with Gasteiger partial charge in [-0.15, -0.1) is 34.0 Å². The molecule has 0 saturated carbocycles. The van der Waals surface area contributed by atoms with Crippen molar-refractivity contribution in [2.45, 2.75) is 0 Å². The third-order valence-electron chi connectivity index (χ3n) is 4.76. The topological polar surface area (TPSA) is 0 Å². The van der Waals surface area contributed by atoms with E-state index in [0.29, 0.717) is 0 Å². The van der Waals surface area contributed by atoms with Gasteiger partial charge in [-0.25, -0.2) is 0 Å². The zero-order valence-corrected chi connectivity index (χ0v) is 18.1. The molecule has 2 aromatic carbocycles. The molecule has 5 aromatic rings. The van der Waals surface area contributed by atoms with Crippen molar-refractivity contribution in [3.63, 3.8) is 0 Å². The summed E-state index contributed by atoms with van der Waals surface area (Å²) in [5.74, 6) is 0. The molecule has 0 aliphatic carbocycles. The molecule has 0 amide bonds. The van der Waals surface area contributed by atoms with Gasteiger partial charge in [-0.2, -0.15) is 0 Å². The molecule has 0 radical (unpaired) electrons. The summed E-state index contributed by atoms with van der Waals surface area (Å²) in [6.07, 6.45) is 0. The number of thiophene rings is 3. The first-order valence-electron chi connectivity index (χ1n) is 9.43. The van der Waals surface area contributed by atoms with Crippen LogP contribution in [0.1, 0.15) is 20.9 Å². The van der Waals surface area contributed by atoms with Crippen LogP contribution in [0.25, 0.3) is 11.1 Å². The molecule has 0 N–H and O–H groups in total. The lowest BCUT2D eigenvalue weighted by atomic mass is 10.0. The summed E-state index contributed by atoms with van der Waals surface area (Å²) in [5.41, 5.74) is 5.16. The van der Waals surface area contributed by atoms with E-state index in [9.17, 15) is 0 Å². The second-order valence-electron chi connectivity index (χ2n) is 6.60. The molecule has 0 atom stereocenters. The van der Waals surface area contributed by atoms with Crippen molar-refractivity contribution in [1.29, 1.82) is 0 Å². The largest absolute Gasteiger partial charge is 0.144 e.